The Morgan fingerprint density at radius 2 is 0.873 bits per heavy atom. The van der Waals surface area contributed by atoms with Gasteiger partial charge in [0, 0.05) is 27.6 Å². The summed E-state index contributed by atoms with van der Waals surface area (Å²) in [6, 6.07) is 65.8. The smallest absolute Gasteiger partial charge is 0.0543 e. The number of benzene rings is 9. The first-order valence-electron chi connectivity index (χ1n) is 19.5. The lowest BCUT2D eigenvalue weighted by atomic mass is 9.82. The van der Waals surface area contributed by atoms with Crippen LogP contribution in [0.1, 0.15) is 49.9 Å². The van der Waals surface area contributed by atoms with Crippen molar-refractivity contribution < 1.29 is 0 Å². The van der Waals surface area contributed by atoms with E-state index in [0.717, 1.165) is 5.69 Å². The van der Waals surface area contributed by atoms with E-state index in [0.29, 0.717) is 0 Å². The van der Waals surface area contributed by atoms with E-state index >= 15 is 0 Å². The molecular formula is C54H41N. The quantitative estimate of drug-likeness (QED) is 0.165. The largest absolute Gasteiger partial charge is 0.309 e. The summed E-state index contributed by atoms with van der Waals surface area (Å²) >= 11 is 0. The van der Waals surface area contributed by atoms with Gasteiger partial charge in [0.05, 0.1) is 11.4 Å². The highest BCUT2D eigenvalue weighted by Crippen LogP contribution is 2.58. The number of fused-ring (bicyclic) bond motifs is 11. The predicted molar refractivity (Wildman–Crippen MR) is 234 cm³/mol. The molecule has 0 saturated heterocycles. The summed E-state index contributed by atoms with van der Waals surface area (Å²) in [5.74, 6) is 0. The molecule has 55 heavy (non-hydrogen) atoms. The van der Waals surface area contributed by atoms with Crippen molar-refractivity contribution in [1.82, 2.24) is 0 Å². The van der Waals surface area contributed by atoms with Crippen LogP contribution in [0.2, 0.25) is 0 Å². The van der Waals surface area contributed by atoms with E-state index in [9.17, 15) is 0 Å². The molecule has 262 valence electrons. The molecule has 0 heterocycles. The molecule has 0 spiro atoms. The minimum atomic E-state index is -0.107. The van der Waals surface area contributed by atoms with Gasteiger partial charge in [-0.15, -0.1) is 0 Å². The molecule has 2 aliphatic carbocycles. The highest BCUT2D eigenvalue weighted by atomic mass is 15.1. The molecule has 9 aromatic carbocycles. The van der Waals surface area contributed by atoms with Crippen LogP contribution in [0.3, 0.4) is 0 Å². The fourth-order valence-electron chi connectivity index (χ4n) is 10.2. The van der Waals surface area contributed by atoms with Gasteiger partial charge in [-0.2, -0.15) is 0 Å². The minimum absolute atomic E-state index is 0.107. The van der Waals surface area contributed by atoms with Gasteiger partial charge in [0.15, 0.2) is 0 Å². The van der Waals surface area contributed by atoms with E-state index in [4.69, 9.17) is 0 Å². The number of rotatable bonds is 4. The molecule has 0 saturated carbocycles. The van der Waals surface area contributed by atoms with Crippen LogP contribution in [0, 0.1) is 0 Å². The van der Waals surface area contributed by atoms with E-state index in [1.807, 2.05) is 0 Å². The molecular weight excluding hydrogens is 663 g/mol. The second kappa shape index (κ2) is 11.5. The summed E-state index contributed by atoms with van der Waals surface area (Å²) in [5, 5.41) is 7.69. The number of anilines is 3. The average Bonchev–Trinajstić information content (AvgIpc) is 3.61. The minimum Gasteiger partial charge on any atom is -0.309 e. The van der Waals surface area contributed by atoms with Crippen LogP contribution < -0.4 is 4.90 Å². The Bertz CT molecular complexity index is 2930. The molecule has 2 aliphatic rings. The van der Waals surface area contributed by atoms with E-state index in [1.54, 1.807) is 0 Å². The monoisotopic (exact) mass is 703 g/mol. The molecule has 0 radical (unpaired) electrons. The molecule has 0 atom stereocenters. The number of nitrogens with zero attached hydrogens (tertiary/aromatic N) is 1. The lowest BCUT2D eigenvalue weighted by Gasteiger charge is -2.31. The first kappa shape index (κ1) is 32.0. The number of hydrogen-bond donors (Lipinski definition) is 0. The van der Waals surface area contributed by atoms with E-state index < -0.39 is 0 Å². The normalized spacial score (nSPS) is 14.5. The van der Waals surface area contributed by atoms with Gasteiger partial charge < -0.3 is 4.90 Å². The van der Waals surface area contributed by atoms with Gasteiger partial charge in [0.25, 0.3) is 0 Å². The van der Waals surface area contributed by atoms with Gasteiger partial charge in [-0.25, -0.2) is 0 Å². The molecule has 0 amide bonds. The standard InChI is InChI=1S/C54H41N/c1-53(2)44-21-11-9-19-41(44)51-46(53)23-13-25-48(51)55(49-26-14-24-47-52(49)42-20-10-12-22-45(42)54(47,3)4)37-30-27-35(28-31-37)43-33-36-16-6-7-17-38(36)40-32-29-34-15-5-8-18-39(34)50(40)43/h5-33H,1-4H3. The lowest BCUT2D eigenvalue weighted by Crippen LogP contribution is -2.17. The SMILES string of the molecule is CC1(C)c2ccccc2-c2c(N(c3ccc(-c4cc5ccccc5c5ccc6ccccc6c45)cc3)c3cccc4c3-c3ccccc3C4(C)C)cccc21. The van der Waals surface area contributed by atoms with Gasteiger partial charge in [0.1, 0.15) is 0 Å². The fourth-order valence-corrected chi connectivity index (χ4v) is 10.2. The summed E-state index contributed by atoms with van der Waals surface area (Å²) in [4.78, 5) is 2.55. The summed E-state index contributed by atoms with van der Waals surface area (Å²) in [6.45, 7) is 9.49. The zero-order valence-electron chi connectivity index (χ0n) is 31.7. The molecule has 0 aromatic heterocycles. The maximum absolute atomic E-state index is 2.55. The Balaban J connectivity index is 1.17. The van der Waals surface area contributed by atoms with Crippen molar-refractivity contribution in [2.75, 3.05) is 4.90 Å². The average molecular weight is 704 g/mol. The Morgan fingerprint density at radius 1 is 0.364 bits per heavy atom. The van der Waals surface area contributed by atoms with Crippen LogP contribution in [-0.2, 0) is 10.8 Å². The summed E-state index contributed by atoms with van der Waals surface area (Å²) in [6.07, 6.45) is 0. The number of hydrogen-bond acceptors (Lipinski definition) is 1. The first-order chi connectivity index (χ1) is 26.8. The zero-order chi connectivity index (χ0) is 37.1. The summed E-state index contributed by atoms with van der Waals surface area (Å²) < 4.78 is 0. The Kier molecular flexibility index (Phi) is 6.72. The molecule has 0 fully saturated rings. The molecule has 0 aliphatic heterocycles. The molecule has 11 rings (SSSR count). The molecule has 0 bridgehead atoms. The van der Waals surface area contributed by atoms with Crippen molar-refractivity contribution in [3.8, 4) is 33.4 Å². The van der Waals surface area contributed by atoms with Crippen LogP contribution in [-0.4, -0.2) is 0 Å². The lowest BCUT2D eigenvalue weighted by molar-refractivity contribution is 0.660. The van der Waals surface area contributed by atoms with Gasteiger partial charge >= 0.3 is 0 Å². The Hall–Kier alpha value is -6.44. The topological polar surface area (TPSA) is 3.24 Å². The van der Waals surface area contributed by atoms with Crippen molar-refractivity contribution in [1.29, 1.82) is 0 Å². The Morgan fingerprint density at radius 3 is 1.49 bits per heavy atom. The van der Waals surface area contributed by atoms with Crippen molar-refractivity contribution >= 4 is 49.4 Å². The second-order valence-corrected chi connectivity index (χ2v) is 16.5. The summed E-state index contributed by atoms with van der Waals surface area (Å²) in [5.41, 5.74) is 16.6. The fraction of sp³-hybridized carbons (Fsp3) is 0.111. The molecule has 1 heteroatoms. The van der Waals surface area contributed by atoms with Crippen LogP contribution in [0.15, 0.2) is 176 Å². The van der Waals surface area contributed by atoms with E-state index in [1.165, 1.54) is 99.3 Å². The van der Waals surface area contributed by atoms with Crippen molar-refractivity contribution in [2.24, 2.45) is 0 Å². The molecule has 9 aromatic rings. The maximum Gasteiger partial charge on any atom is 0.0543 e. The third kappa shape index (κ3) is 4.47. The van der Waals surface area contributed by atoms with E-state index in [2.05, 4.69) is 209 Å². The highest BCUT2D eigenvalue weighted by molar-refractivity contribution is 6.23. The maximum atomic E-state index is 2.55. The third-order valence-electron chi connectivity index (χ3n) is 12.8. The van der Waals surface area contributed by atoms with Gasteiger partial charge in [-0.3, -0.25) is 0 Å². The first-order valence-corrected chi connectivity index (χ1v) is 19.5. The third-order valence-corrected chi connectivity index (χ3v) is 12.8. The van der Waals surface area contributed by atoms with Crippen molar-refractivity contribution in [3.63, 3.8) is 0 Å². The molecule has 1 nitrogen and oxygen atoms in total. The van der Waals surface area contributed by atoms with Gasteiger partial charge in [-0.1, -0.05) is 173 Å². The van der Waals surface area contributed by atoms with Crippen LogP contribution in [0.25, 0.3) is 65.7 Å². The van der Waals surface area contributed by atoms with E-state index in [-0.39, 0.29) is 10.8 Å². The zero-order valence-corrected chi connectivity index (χ0v) is 31.7. The van der Waals surface area contributed by atoms with Gasteiger partial charge in [0.2, 0.25) is 0 Å². The van der Waals surface area contributed by atoms with Crippen molar-refractivity contribution in [3.05, 3.63) is 198 Å². The summed E-state index contributed by atoms with van der Waals surface area (Å²) in [7, 11) is 0. The Labute approximate surface area is 323 Å². The molecule has 0 unspecified atom stereocenters. The van der Waals surface area contributed by atoms with Crippen LogP contribution >= 0.6 is 0 Å². The van der Waals surface area contributed by atoms with Crippen molar-refractivity contribution in [2.45, 2.75) is 38.5 Å². The molecule has 0 N–H and O–H groups in total. The van der Waals surface area contributed by atoms with Crippen LogP contribution in [0.5, 0.6) is 0 Å². The van der Waals surface area contributed by atoms with Gasteiger partial charge in [-0.05, 0) is 107 Å². The predicted octanol–water partition coefficient (Wildman–Crippen LogP) is 14.9. The highest BCUT2D eigenvalue weighted by Gasteiger charge is 2.40. The van der Waals surface area contributed by atoms with Crippen LogP contribution in [0.4, 0.5) is 17.1 Å². The second-order valence-electron chi connectivity index (χ2n) is 16.5.